The van der Waals surface area contributed by atoms with Gasteiger partial charge in [-0.3, -0.25) is 37.3 Å². The molecule has 0 aromatic carbocycles. The quantitative estimate of drug-likeness (QED) is 0.0222. The lowest BCUT2D eigenvalue weighted by molar-refractivity contribution is -0.161. The molecular formula is C74H144O17P2. The highest BCUT2D eigenvalue weighted by Gasteiger charge is 2.30. The number of ether oxygens (including phenoxy) is 4. The minimum absolute atomic E-state index is 0.106. The van der Waals surface area contributed by atoms with Gasteiger partial charge >= 0.3 is 39.5 Å². The lowest BCUT2D eigenvalue weighted by Gasteiger charge is -2.21. The van der Waals surface area contributed by atoms with E-state index in [0.29, 0.717) is 25.7 Å². The Kier molecular flexibility index (Phi) is 64.6. The largest absolute Gasteiger partial charge is 0.472 e. The van der Waals surface area contributed by atoms with E-state index in [2.05, 4.69) is 41.5 Å². The fraction of sp³-hybridized carbons (Fsp3) is 0.946. The van der Waals surface area contributed by atoms with Crippen LogP contribution in [0.3, 0.4) is 0 Å². The summed E-state index contributed by atoms with van der Waals surface area (Å²) < 4.78 is 68.4. The normalized spacial score (nSPS) is 14.3. The van der Waals surface area contributed by atoms with E-state index in [1.807, 2.05) is 0 Å². The second-order valence-corrected chi connectivity index (χ2v) is 30.3. The van der Waals surface area contributed by atoms with Crippen molar-refractivity contribution in [1.29, 1.82) is 0 Å². The Labute approximate surface area is 568 Å². The number of phosphoric acid groups is 2. The molecule has 0 heterocycles. The highest BCUT2D eigenvalue weighted by molar-refractivity contribution is 7.47. The predicted octanol–water partition coefficient (Wildman–Crippen LogP) is 21.6. The molecule has 6 atom stereocenters. The van der Waals surface area contributed by atoms with Gasteiger partial charge in [0.1, 0.15) is 19.3 Å². The summed E-state index contributed by atoms with van der Waals surface area (Å²) in [6, 6.07) is 0. The highest BCUT2D eigenvalue weighted by atomic mass is 31.2. The van der Waals surface area contributed by atoms with E-state index >= 15 is 0 Å². The van der Waals surface area contributed by atoms with Gasteiger partial charge in [0.25, 0.3) is 0 Å². The van der Waals surface area contributed by atoms with Crippen LogP contribution >= 0.6 is 15.6 Å². The topological polar surface area (TPSA) is 237 Å². The van der Waals surface area contributed by atoms with Crippen molar-refractivity contribution in [2.24, 2.45) is 11.8 Å². The van der Waals surface area contributed by atoms with Crippen molar-refractivity contribution in [3.63, 3.8) is 0 Å². The summed E-state index contributed by atoms with van der Waals surface area (Å²) in [6.45, 7) is 9.56. The molecule has 0 aromatic heterocycles. The molecule has 0 radical (unpaired) electrons. The summed E-state index contributed by atoms with van der Waals surface area (Å²) in [5.74, 6) is -0.568. The first-order valence-corrected chi connectivity index (χ1v) is 41.5. The minimum atomic E-state index is -4.95. The average molecular weight is 1370 g/mol. The third kappa shape index (κ3) is 67.0. The van der Waals surface area contributed by atoms with Crippen LogP contribution in [-0.4, -0.2) is 96.7 Å². The second-order valence-electron chi connectivity index (χ2n) is 27.4. The Morgan fingerprint density at radius 3 is 0.817 bits per heavy atom. The third-order valence-corrected chi connectivity index (χ3v) is 19.5. The standard InChI is InChI=1S/C74H144O17P2/c1-7-10-12-14-16-18-28-33-37-44-50-56-71(76)84-62-69(90-74(79)59-53-47-39-35-31-27-25-23-21-20-22-24-26-30-32-36-42-48-54-66(4)5)64-88-92(80,81)86-60-68(75)61-87-93(82,83)89-65-70(63-85-72(77)57-51-45-41-40-43-49-55-67(6)9-3)91-73(78)58-52-46-38-34-29-19-17-15-13-11-8-2/h66-70,75H,7-65H2,1-6H3,(H,80,81)(H,82,83)/t67?,68-,69-,70-/m1/s1. The maximum absolute atomic E-state index is 13.1. The van der Waals surface area contributed by atoms with Crippen molar-refractivity contribution in [2.75, 3.05) is 39.6 Å². The van der Waals surface area contributed by atoms with Crippen LogP contribution < -0.4 is 0 Å². The molecule has 3 unspecified atom stereocenters. The number of carbonyl (C=O) groups is 4. The molecule has 3 N–H and O–H groups in total. The molecular weight excluding hydrogens is 1220 g/mol. The van der Waals surface area contributed by atoms with Crippen molar-refractivity contribution in [2.45, 2.75) is 400 Å². The number of unbranched alkanes of at least 4 members (excludes halogenated alkanes) is 42. The van der Waals surface area contributed by atoms with Gasteiger partial charge in [0.2, 0.25) is 0 Å². The Bertz CT molecular complexity index is 1810. The summed E-state index contributed by atoms with van der Waals surface area (Å²) in [5.41, 5.74) is 0. The lowest BCUT2D eigenvalue weighted by Crippen LogP contribution is -2.30. The van der Waals surface area contributed by atoms with Crippen LogP contribution in [0.25, 0.3) is 0 Å². The number of hydrogen-bond donors (Lipinski definition) is 3. The Hall–Kier alpha value is -1.94. The van der Waals surface area contributed by atoms with Crippen molar-refractivity contribution < 1.29 is 80.2 Å². The zero-order valence-electron chi connectivity index (χ0n) is 60.6. The number of esters is 4. The summed E-state index contributed by atoms with van der Waals surface area (Å²) in [5, 5.41) is 10.6. The van der Waals surface area contributed by atoms with Gasteiger partial charge in [-0.2, -0.15) is 0 Å². The van der Waals surface area contributed by atoms with Gasteiger partial charge in [0.05, 0.1) is 26.4 Å². The van der Waals surface area contributed by atoms with Crippen LogP contribution in [0.4, 0.5) is 0 Å². The molecule has 552 valence electrons. The van der Waals surface area contributed by atoms with Crippen molar-refractivity contribution in [1.82, 2.24) is 0 Å². The van der Waals surface area contributed by atoms with Crippen LogP contribution in [0.5, 0.6) is 0 Å². The fourth-order valence-corrected chi connectivity index (χ4v) is 12.8. The van der Waals surface area contributed by atoms with E-state index in [4.69, 9.17) is 37.0 Å². The number of phosphoric ester groups is 2. The molecule has 93 heavy (non-hydrogen) atoms. The predicted molar refractivity (Wildman–Crippen MR) is 377 cm³/mol. The molecule has 0 rings (SSSR count). The highest BCUT2D eigenvalue weighted by Crippen LogP contribution is 2.45. The van der Waals surface area contributed by atoms with Crippen LogP contribution in [0.15, 0.2) is 0 Å². The van der Waals surface area contributed by atoms with Crippen molar-refractivity contribution >= 4 is 39.5 Å². The van der Waals surface area contributed by atoms with E-state index in [1.54, 1.807) is 0 Å². The molecule has 0 aromatic rings. The van der Waals surface area contributed by atoms with E-state index in [0.717, 1.165) is 108 Å². The van der Waals surface area contributed by atoms with E-state index in [9.17, 15) is 43.2 Å². The Morgan fingerprint density at radius 2 is 0.548 bits per heavy atom. The maximum Gasteiger partial charge on any atom is 0.472 e. The van der Waals surface area contributed by atoms with Gasteiger partial charge in [-0.25, -0.2) is 9.13 Å². The van der Waals surface area contributed by atoms with E-state index in [-0.39, 0.29) is 25.7 Å². The molecule has 0 fully saturated rings. The fourth-order valence-electron chi connectivity index (χ4n) is 11.3. The van der Waals surface area contributed by atoms with Gasteiger partial charge in [-0.15, -0.1) is 0 Å². The zero-order chi connectivity index (χ0) is 68.6. The molecule has 0 amide bonds. The summed E-state index contributed by atoms with van der Waals surface area (Å²) in [6.07, 6.45) is 52.8. The number of hydrogen-bond acceptors (Lipinski definition) is 15. The first kappa shape index (κ1) is 91.1. The maximum atomic E-state index is 13.1. The Morgan fingerprint density at radius 1 is 0.312 bits per heavy atom. The van der Waals surface area contributed by atoms with Crippen molar-refractivity contribution in [3.05, 3.63) is 0 Å². The van der Waals surface area contributed by atoms with Gasteiger partial charge in [0.15, 0.2) is 12.2 Å². The Balaban J connectivity index is 5.17. The van der Waals surface area contributed by atoms with Crippen LogP contribution in [0.1, 0.15) is 382 Å². The van der Waals surface area contributed by atoms with E-state index in [1.165, 1.54) is 193 Å². The molecule has 17 nitrogen and oxygen atoms in total. The van der Waals surface area contributed by atoms with Gasteiger partial charge in [0, 0.05) is 25.7 Å². The smallest absolute Gasteiger partial charge is 0.462 e. The third-order valence-electron chi connectivity index (χ3n) is 17.6. The number of aliphatic hydroxyl groups excluding tert-OH is 1. The number of rotatable bonds is 73. The average Bonchev–Trinajstić information content (AvgIpc) is 3.07. The first-order chi connectivity index (χ1) is 44.9. The number of carbonyl (C=O) groups excluding carboxylic acids is 4. The summed E-state index contributed by atoms with van der Waals surface area (Å²) in [4.78, 5) is 72.6. The van der Waals surface area contributed by atoms with Crippen LogP contribution in [0, 0.1) is 11.8 Å². The summed E-state index contributed by atoms with van der Waals surface area (Å²) in [7, 11) is -9.90. The lowest BCUT2D eigenvalue weighted by atomic mass is 10.00. The molecule has 0 spiro atoms. The van der Waals surface area contributed by atoms with Crippen molar-refractivity contribution in [3.8, 4) is 0 Å². The van der Waals surface area contributed by atoms with Gasteiger partial charge < -0.3 is 33.8 Å². The molecule has 0 saturated heterocycles. The monoisotopic (exact) mass is 1370 g/mol. The first-order valence-electron chi connectivity index (χ1n) is 38.5. The zero-order valence-corrected chi connectivity index (χ0v) is 62.3. The molecule has 0 aliphatic carbocycles. The van der Waals surface area contributed by atoms with Gasteiger partial charge in [-0.05, 0) is 37.5 Å². The number of aliphatic hydroxyl groups is 1. The minimum Gasteiger partial charge on any atom is -0.462 e. The summed E-state index contributed by atoms with van der Waals surface area (Å²) >= 11 is 0. The van der Waals surface area contributed by atoms with Gasteiger partial charge in [-0.1, -0.05) is 330 Å². The molecule has 0 aliphatic rings. The second kappa shape index (κ2) is 66.0. The van der Waals surface area contributed by atoms with Crippen LogP contribution in [0.2, 0.25) is 0 Å². The van der Waals surface area contributed by atoms with Crippen LogP contribution in [-0.2, 0) is 65.4 Å². The molecule has 0 saturated carbocycles. The molecule has 0 bridgehead atoms. The molecule has 19 heteroatoms. The molecule has 0 aliphatic heterocycles. The SMILES string of the molecule is CCCCCCCCCCCCCC(=O)OC[C@H](COP(=O)(O)OC[C@@H](O)COP(=O)(O)OC[C@@H](COC(=O)CCCCCCCCC(C)CC)OC(=O)CCCCCCCCCCCCC)OC(=O)CCCCCCCCCCCCCCCCCCCCC(C)C. The van der Waals surface area contributed by atoms with E-state index < -0.39 is 97.5 Å².